The highest BCUT2D eigenvalue weighted by molar-refractivity contribution is 8.15. The molecule has 7 nitrogen and oxygen atoms in total. The molecule has 2 N–H and O–H groups in total. The number of anilines is 1. The number of ether oxygens (including phenoxy) is 1. The first kappa shape index (κ1) is 20.4. The number of hydrogen-bond donors (Lipinski definition) is 2. The summed E-state index contributed by atoms with van der Waals surface area (Å²) in [4.78, 5) is 24.5. The van der Waals surface area contributed by atoms with Crippen LogP contribution in [0.4, 0.5) is 5.69 Å². The number of nitrogens with one attached hydrogen (secondary N) is 2. The number of rotatable bonds is 6. The van der Waals surface area contributed by atoms with Gasteiger partial charge in [0, 0.05) is 12.1 Å². The summed E-state index contributed by atoms with van der Waals surface area (Å²) in [5, 5.41) is 14.0. The van der Waals surface area contributed by atoms with Crippen LogP contribution in [0.3, 0.4) is 0 Å². The molecule has 1 saturated heterocycles. The van der Waals surface area contributed by atoms with Crippen LogP contribution in [-0.4, -0.2) is 35.1 Å². The molecule has 150 valence electrons. The van der Waals surface area contributed by atoms with Crippen LogP contribution in [0.5, 0.6) is 5.75 Å². The predicted molar refractivity (Wildman–Crippen MR) is 113 cm³/mol. The lowest BCUT2D eigenvalue weighted by Gasteiger charge is -2.20. The molecule has 1 atom stereocenters. The van der Waals surface area contributed by atoms with Crippen LogP contribution in [0.15, 0.2) is 34.5 Å². The molecule has 2 aliphatic rings. The smallest absolute Gasteiger partial charge is 0.240 e. The van der Waals surface area contributed by atoms with Gasteiger partial charge in [-0.25, -0.2) is 0 Å². The fourth-order valence-corrected chi connectivity index (χ4v) is 4.35. The number of amidine groups is 1. The number of carbonyl (C=O) groups is 2. The molecule has 1 aliphatic heterocycles. The second kappa shape index (κ2) is 9.73. The lowest BCUT2D eigenvalue weighted by molar-refractivity contribution is -0.122. The van der Waals surface area contributed by atoms with E-state index in [-0.39, 0.29) is 18.2 Å². The molecule has 8 heteroatoms. The zero-order valence-electron chi connectivity index (χ0n) is 16.2. The molecule has 2 amide bonds. The normalized spacial score (nSPS) is 22.2. The number of hydrogen-bond acceptors (Lipinski definition) is 6. The van der Waals surface area contributed by atoms with Crippen molar-refractivity contribution < 1.29 is 14.3 Å². The summed E-state index contributed by atoms with van der Waals surface area (Å²) in [7, 11) is 1.55. The molecule has 0 aromatic heterocycles. The van der Waals surface area contributed by atoms with Crippen LogP contribution in [0.1, 0.15) is 45.4 Å². The minimum absolute atomic E-state index is 0.0545. The van der Waals surface area contributed by atoms with Gasteiger partial charge in [0.25, 0.3) is 0 Å². The lowest BCUT2D eigenvalue weighted by Crippen LogP contribution is -2.28. The standard InChI is InChI=1S/C20H26N4O3S/c1-13(14-8-4-3-5-9-14)23-24-20-22-19(26)17(28-20)12-18(25)21-15-10-6-7-11-16(15)27-2/h6-7,10-11,14,17H,3-5,8-9,12H2,1-2H3,(H,21,25)(H,22,24,26). The number of thioether (sulfide) groups is 1. The van der Waals surface area contributed by atoms with E-state index >= 15 is 0 Å². The van der Waals surface area contributed by atoms with Crippen molar-refractivity contribution in [3.05, 3.63) is 24.3 Å². The first-order valence-corrected chi connectivity index (χ1v) is 10.5. The van der Waals surface area contributed by atoms with Crippen molar-refractivity contribution in [1.29, 1.82) is 0 Å². The third-order valence-electron chi connectivity index (χ3n) is 5.02. The summed E-state index contributed by atoms with van der Waals surface area (Å²) in [5.41, 5.74) is 1.60. The summed E-state index contributed by atoms with van der Waals surface area (Å²) in [6, 6.07) is 7.16. The van der Waals surface area contributed by atoms with Crippen LogP contribution >= 0.6 is 11.8 Å². The topological polar surface area (TPSA) is 92.2 Å². The van der Waals surface area contributed by atoms with E-state index < -0.39 is 5.25 Å². The van der Waals surface area contributed by atoms with Gasteiger partial charge in [0.15, 0.2) is 5.17 Å². The van der Waals surface area contributed by atoms with Crippen LogP contribution in [-0.2, 0) is 9.59 Å². The van der Waals surface area contributed by atoms with Gasteiger partial charge in [-0.3, -0.25) is 9.59 Å². The van der Waals surface area contributed by atoms with Crippen LogP contribution < -0.4 is 15.4 Å². The third-order valence-corrected chi connectivity index (χ3v) is 6.10. The highest BCUT2D eigenvalue weighted by atomic mass is 32.2. The van der Waals surface area contributed by atoms with Gasteiger partial charge in [0.1, 0.15) is 11.0 Å². The Morgan fingerprint density at radius 2 is 2.04 bits per heavy atom. The number of carbonyl (C=O) groups excluding carboxylic acids is 2. The molecule has 0 bridgehead atoms. The maximum absolute atomic E-state index is 12.3. The van der Waals surface area contributed by atoms with Crippen molar-refractivity contribution >= 4 is 40.1 Å². The number of amides is 2. The van der Waals surface area contributed by atoms with Gasteiger partial charge in [-0.15, -0.1) is 5.10 Å². The summed E-state index contributed by atoms with van der Waals surface area (Å²) in [6.45, 7) is 2.00. The van der Waals surface area contributed by atoms with E-state index in [1.165, 1.54) is 31.0 Å². The molecule has 1 heterocycles. The van der Waals surface area contributed by atoms with Gasteiger partial charge in [-0.1, -0.05) is 43.2 Å². The first-order chi connectivity index (χ1) is 13.6. The Bertz CT molecular complexity index is 787. The number of methoxy groups -OCH3 is 1. The van der Waals surface area contributed by atoms with Gasteiger partial charge in [0.2, 0.25) is 11.8 Å². The van der Waals surface area contributed by atoms with Crippen molar-refractivity contribution in [3.8, 4) is 5.75 Å². The SMILES string of the molecule is COc1ccccc1NC(=O)CC1S/C(=N\N=C(C)C2CCCCC2)NC1=O. The fraction of sp³-hybridized carbons (Fsp3) is 0.500. The quantitative estimate of drug-likeness (QED) is 0.562. The van der Waals surface area contributed by atoms with Crippen LogP contribution in [0, 0.1) is 5.92 Å². The van der Waals surface area contributed by atoms with Gasteiger partial charge >= 0.3 is 0 Å². The molecule has 1 saturated carbocycles. The predicted octanol–water partition coefficient (Wildman–Crippen LogP) is 3.57. The minimum Gasteiger partial charge on any atom is -0.495 e. The van der Waals surface area contributed by atoms with Crippen molar-refractivity contribution in [1.82, 2.24) is 5.32 Å². The Hall–Kier alpha value is -2.35. The van der Waals surface area contributed by atoms with E-state index in [2.05, 4.69) is 20.8 Å². The van der Waals surface area contributed by atoms with Gasteiger partial charge in [-0.05, 0) is 37.8 Å². The van der Waals surface area contributed by atoms with Crippen molar-refractivity contribution in [3.63, 3.8) is 0 Å². The summed E-state index contributed by atoms with van der Waals surface area (Å²) < 4.78 is 5.23. The van der Waals surface area contributed by atoms with Gasteiger partial charge < -0.3 is 15.4 Å². The highest BCUT2D eigenvalue weighted by Gasteiger charge is 2.32. The Kier molecular flexibility index (Phi) is 7.08. The molecular formula is C20H26N4O3S. The summed E-state index contributed by atoms with van der Waals surface area (Å²) in [5.74, 6) is 0.599. The largest absolute Gasteiger partial charge is 0.495 e. The monoisotopic (exact) mass is 402 g/mol. The second-order valence-corrected chi connectivity index (χ2v) is 8.22. The van der Waals surface area contributed by atoms with Crippen LogP contribution in [0.2, 0.25) is 0 Å². The molecule has 1 aromatic rings. The molecule has 1 aliphatic carbocycles. The average molecular weight is 403 g/mol. The van der Waals surface area contributed by atoms with Crippen molar-refractivity contribution in [2.75, 3.05) is 12.4 Å². The fourth-order valence-electron chi connectivity index (χ4n) is 3.43. The third kappa shape index (κ3) is 5.34. The molecule has 1 unspecified atom stereocenters. The van der Waals surface area contributed by atoms with Gasteiger partial charge in [0.05, 0.1) is 12.8 Å². The maximum atomic E-state index is 12.3. The molecule has 0 radical (unpaired) electrons. The molecule has 0 spiro atoms. The number of para-hydroxylation sites is 2. The second-order valence-electron chi connectivity index (χ2n) is 7.03. The molecule has 1 aromatic carbocycles. The Labute approximate surface area is 169 Å². The van der Waals surface area contributed by atoms with E-state index in [0.717, 1.165) is 18.6 Å². The summed E-state index contributed by atoms with van der Waals surface area (Å²) in [6.07, 6.45) is 6.14. The zero-order chi connectivity index (χ0) is 19.9. The minimum atomic E-state index is -0.515. The van der Waals surface area contributed by atoms with E-state index in [4.69, 9.17) is 4.74 Å². The molecule has 28 heavy (non-hydrogen) atoms. The Morgan fingerprint density at radius 1 is 1.29 bits per heavy atom. The van der Waals surface area contributed by atoms with E-state index in [0.29, 0.717) is 22.5 Å². The van der Waals surface area contributed by atoms with E-state index in [1.807, 2.05) is 19.1 Å². The zero-order valence-corrected chi connectivity index (χ0v) is 17.1. The highest BCUT2D eigenvalue weighted by Crippen LogP contribution is 2.27. The average Bonchev–Trinajstić information content (AvgIpc) is 3.06. The van der Waals surface area contributed by atoms with Crippen molar-refractivity contribution in [2.24, 2.45) is 16.1 Å². The van der Waals surface area contributed by atoms with Gasteiger partial charge in [-0.2, -0.15) is 5.10 Å². The van der Waals surface area contributed by atoms with Crippen molar-refractivity contribution in [2.45, 2.75) is 50.7 Å². The first-order valence-electron chi connectivity index (χ1n) is 9.59. The summed E-state index contributed by atoms with van der Waals surface area (Å²) >= 11 is 1.25. The number of benzene rings is 1. The molecule has 2 fully saturated rings. The lowest BCUT2D eigenvalue weighted by atomic mass is 9.86. The molecule has 3 rings (SSSR count). The number of nitrogens with zero attached hydrogens (tertiary/aromatic N) is 2. The Morgan fingerprint density at radius 3 is 2.79 bits per heavy atom. The van der Waals surface area contributed by atoms with E-state index in [1.54, 1.807) is 19.2 Å². The molecular weight excluding hydrogens is 376 g/mol. The van der Waals surface area contributed by atoms with E-state index in [9.17, 15) is 9.59 Å². The van der Waals surface area contributed by atoms with Crippen LogP contribution in [0.25, 0.3) is 0 Å². The Balaban J connectivity index is 1.56. The maximum Gasteiger partial charge on any atom is 0.240 e.